The summed E-state index contributed by atoms with van der Waals surface area (Å²) in [6, 6.07) is 3.27. The van der Waals surface area contributed by atoms with Crippen LogP contribution < -0.4 is 15.2 Å². The minimum Gasteiger partial charge on any atom is -0.453 e. The Morgan fingerprint density at radius 3 is 2.88 bits per heavy atom. The summed E-state index contributed by atoms with van der Waals surface area (Å²) in [6.07, 6.45) is 1.52. The van der Waals surface area contributed by atoms with E-state index in [4.69, 9.17) is 15.2 Å². The molecule has 5 nitrogen and oxygen atoms in total. The topological polar surface area (TPSA) is 62.3 Å². The Labute approximate surface area is 96.6 Å². The molecule has 2 N–H and O–H groups in total. The highest BCUT2D eigenvalue weighted by Crippen LogP contribution is 2.40. The van der Waals surface area contributed by atoms with Crippen molar-refractivity contribution in [2.45, 2.75) is 0 Å². The van der Waals surface area contributed by atoms with Gasteiger partial charge < -0.3 is 15.2 Å². The van der Waals surface area contributed by atoms with Crippen LogP contribution in [0.3, 0.4) is 0 Å². The van der Waals surface area contributed by atoms with E-state index in [0.29, 0.717) is 22.7 Å². The van der Waals surface area contributed by atoms with Crippen molar-refractivity contribution in [3.8, 4) is 22.6 Å². The second-order valence-corrected chi connectivity index (χ2v) is 3.73. The van der Waals surface area contributed by atoms with Crippen molar-refractivity contribution in [1.82, 2.24) is 9.78 Å². The third kappa shape index (κ3) is 1.33. The van der Waals surface area contributed by atoms with E-state index in [0.717, 1.165) is 0 Å². The number of aromatic nitrogens is 2. The maximum absolute atomic E-state index is 14.2. The molecule has 88 valence electrons. The van der Waals surface area contributed by atoms with Gasteiger partial charge >= 0.3 is 0 Å². The highest BCUT2D eigenvalue weighted by molar-refractivity contribution is 5.76. The van der Waals surface area contributed by atoms with Gasteiger partial charge in [0, 0.05) is 18.2 Å². The van der Waals surface area contributed by atoms with E-state index in [1.54, 1.807) is 19.2 Å². The van der Waals surface area contributed by atoms with E-state index in [2.05, 4.69) is 5.10 Å². The molecule has 0 unspecified atom stereocenters. The van der Waals surface area contributed by atoms with Gasteiger partial charge in [-0.2, -0.15) is 5.10 Å². The van der Waals surface area contributed by atoms with E-state index in [9.17, 15) is 4.39 Å². The fourth-order valence-electron chi connectivity index (χ4n) is 1.80. The molecule has 6 heteroatoms. The highest BCUT2D eigenvalue weighted by atomic mass is 19.1. The van der Waals surface area contributed by atoms with Gasteiger partial charge in [0.25, 0.3) is 0 Å². The molecule has 1 aromatic carbocycles. The molecular weight excluding hydrogens is 225 g/mol. The average molecular weight is 235 g/mol. The van der Waals surface area contributed by atoms with Crippen molar-refractivity contribution < 1.29 is 13.9 Å². The van der Waals surface area contributed by atoms with Crippen molar-refractivity contribution in [2.75, 3.05) is 12.5 Å². The molecule has 0 radical (unpaired) electrons. The van der Waals surface area contributed by atoms with E-state index >= 15 is 0 Å². The SMILES string of the molecule is Cn1ncc(-c2ccc3c(c2F)OCO3)c1N. The van der Waals surface area contributed by atoms with Crippen molar-refractivity contribution in [2.24, 2.45) is 7.05 Å². The predicted molar refractivity (Wildman–Crippen MR) is 59.1 cm³/mol. The summed E-state index contributed by atoms with van der Waals surface area (Å²) in [5.74, 6) is 0.474. The van der Waals surface area contributed by atoms with Gasteiger partial charge in [0.1, 0.15) is 5.82 Å². The van der Waals surface area contributed by atoms with E-state index in [-0.39, 0.29) is 12.5 Å². The molecule has 2 heterocycles. The molecule has 0 amide bonds. The van der Waals surface area contributed by atoms with Gasteiger partial charge in [0.05, 0.1) is 6.20 Å². The number of hydrogen-bond acceptors (Lipinski definition) is 4. The molecule has 0 atom stereocenters. The molecule has 2 aromatic rings. The Morgan fingerprint density at radius 2 is 2.18 bits per heavy atom. The van der Waals surface area contributed by atoms with Crippen molar-refractivity contribution in [1.29, 1.82) is 0 Å². The Morgan fingerprint density at radius 1 is 1.35 bits per heavy atom. The first kappa shape index (κ1) is 9.95. The van der Waals surface area contributed by atoms with Crippen molar-refractivity contribution >= 4 is 5.82 Å². The minimum absolute atomic E-state index is 0.0399. The van der Waals surface area contributed by atoms with Crippen LogP contribution in [0.25, 0.3) is 11.1 Å². The first-order valence-corrected chi connectivity index (χ1v) is 5.04. The fourth-order valence-corrected chi connectivity index (χ4v) is 1.80. The van der Waals surface area contributed by atoms with Crippen LogP contribution in [-0.4, -0.2) is 16.6 Å². The largest absolute Gasteiger partial charge is 0.453 e. The van der Waals surface area contributed by atoms with Crippen LogP contribution in [0.15, 0.2) is 18.3 Å². The Hall–Kier alpha value is -2.24. The van der Waals surface area contributed by atoms with Crippen LogP contribution in [0.1, 0.15) is 0 Å². The number of anilines is 1. The van der Waals surface area contributed by atoms with Crippen LogP contribution >= 0.6 is 0 Å². The maximum atomic E-state index is 14.2. The highest BCUT2D eigenvalue weighted by Gasteiger charge is 2.23. The van der Waals surface area contributed by atoms with E-state index in [1.165, 1.54) is 10.9 Å². The van der Waals surface area contributed by atoms with Gasteiger partial charge in [-0.25, -0.2) is 4.39 Å². The smallest absolute Gasteiger partial charge is 0.231 e. The van der Waals surface area contributed by atoms with Crippen LogP contribution in [0, 0.1) is 5.82 Å². The maximum Gasteiger partial charge on any atom is 0.231 e. The quantitative estimate of drug-likeness (QED) is 0.814. The van der Waals surface area contributed by atoms with Crippen molar-refractivity contribution in [3.63, 3.8) is 0 Å². The third-order valence-corrected chi connectivity index (χ3v) is 2.75. The molecule has 0 bridgehead atoms. The first-order valence-electron chi connectivity index (χ1n) is 5.04. The molecule has 1 aliphatic rings. The second kappa shape index (κ2) is 3.38. The van der Waals surface area contributed by atoms with Gasteiger partial charge in [-0.05, 0) is 12.1 Å². The lowest BCUT2D eigenvalue weighted by Crippen LogP contribution is -1.98. The zero-order chi connectivity index (χ0) is 12.0. The van der Waals surface area contributed by atoms with Gasteiger partial charge in [0.2, 0.25) is 12.5 Å². The summed E-state index contributed by atoms with van der Waals surface area (Å²) in [7, 11) is 1.70. The summed E-state index contributed by atoms with van der Waals surface area (Å²) < 4.78 is 25.8. The van der Waals surface area contributed by atoms with Crippen LogP contribution in [-0.2, 0) is 7.05 Å². The number of rotatable bonds is 1. The molecular formula is C11H10FN3O2. The molecule has 0 spiro atoms. The number of hydrogen-bond donors (Lipinski definition) is 1. The molecule has 3 rings (SSSR count). The lowest BCUT2D eigenvalue weighted by atomic mass is 10.1. The third-order valence-electron chi connectivity index (χ3n) is 2.75. The number of fused-ring (bicyclic) bond motifs is 1. The van der Waals surface area contributed by atoms with Crippen LogP contribution in [0.4, 0.5) is 10.2 Å². The molecule has 1 aromatic heterocycles. The second-order valence-electron chi connectivity index (χ2n) is 3.73. The van der Waals surface area contributed by atoms with Gasteiger partial charge in [-0.15, -0.1) is 0 Å². The summed E-state index contributed by atoms with van der Waals surface area (Å²) in [5, 5.41) is 3.98. The summed E-state index contributed by atoms with van der Waals surface area (Å²) in [4.78, 5) is 0. The standard InChI is InChI=1S/C11H10FN3O2/c1-15-11(13)7(4-14-15)6-2-3-8-10(9(6)12)17-5-16-8/h2-4H,5,13H2,1H3. The molecule has 0 aliphatic carbocycles. The number of nitrogens with zero attached hydrogens (tertiary/aromatic N) is 2. The Kier molecular flexibility index (Phi) is 1.98. The number of benzene rings is 1. The zero-order valence-electron chi connectivity index (χ0n) is 9.11. The normalized spacial score (nSPS) is 13.1. The summed E-state index contributed by atoms with van der Waals surface area (Å²) >= 11 is 0. The van der Waals surface area contributed by atoms with Crippen LogP contribution in [0.2, 0.25) is 0 Å². The van der Waals surface area contributed by atoms with Crippen molar-refractivity contribution in [3.05, 3.63) is 24.1 Å². The van der Waals surface area contributed by atoms with Gasteiger partial charge in [-0.3, -0.25) is 4.68 Å². The first-order chi connectivity index (χ1) is 8.18. The van der Waals surface area contributed by atoms with Crippen LogP contribution in [0.5, 0.6) is 11.5 Å². The predicted octanol–water partition coefficient (Wildman–Crippen LogP) is 1.54. The minimum atomic E-state index is -0.472. The van der Waals surface area contributed by atoms with Gasteiger partial charge in [0.15, 0.2) is 11.6 Å². The number of aryl methyl sites for hydroxylation is 1. The Bertz CT molecular complexity index is 595. The average Bonchev–Trinajstić information content (AvgIpc) is 2.90. The number of halogens is 1. The summed E-state index contributed by atoms with van der Waals surface area (Å²) in [5.41, 5.74) is 6.72. The Balaban J connectivity index is 2.19. The molecule has 0 fully saturated rings. The lowest BCUT2D eigenvalue weighted by molar-refractivity contribution is 0.171. The van der Waals surface area contributed by atoms with E-state index < -0.39 is 5.82 Å². The molecule has 17 heavy (non-hydrogen) atoms. The number of ether oxygens (including phenoxy) is 2. The fraction of sp³-hybridized carbons (Fsp3) is 0.182. The zero-order valence-corrected chi connectivity index (χ0v) is 9.11. The lowest BCUT2D eigenvalue weighted by Gasteiger charge is -2.05. The number of nitrogens with two attached hydrogens (primary N) is 1. The summed E-state index contributed by atoms with van der Waals surface area (Å²) in [6.45, 7) is 0.0399. The monoisotopic (exact) mass is 235 g/mol. The number of nitrogen functional groups attached to an aromatic ring is 1. The molecule has 1 aliphatic heterocycles. The van der Waals surface area contributed by atoms with E-state index in [1.807, 2.05) is 0 Å². The molecule has 0 saturated heterocycles. The molecule has 0 saturated carbocycles. The van der Waals surface area contributed by atoms with Gasteiger partial charge in [-0.1, -0.05) is 0 Å².